The second-order valence-electron chi connectivity index (χ2n) is 8.22. The number of carbonyl (C=O) groups excluding carboxylic acids is 1. The molecule has 1 aliphatic rings. The highest BCUT2D eigenvalue weighted by Gasteiger charge is 2.64. The third kappa shape index (κ3) is 4.80. The summed E-state index contributed by atoms with van der Waals surface area (Å²) in [5, 5.41) is 0. The summed E-state index contributed by atoms with van der Waals surface area (Å²) < 4.78 is 58.3. The van der Waals surface area contributed by atoms with Crippen molar-refractivity contribution >= 4 is 5.97 Å². The molecule has 0 bridgehead atoms. The number of ether oxygens (including phenoxy) is 3. The van der Waals surface area contributed by atoms with E-state index >= 15 is 0 Å². The number of rotatable bonds is 7. The molecule has 0 aliphatic heterocycles. The third-order valence-corrected chi connectivity index (χ3v) is 6.05. The minimum Gasteiger partial charge on any atom is -0.490 e. The fourth-order valence-electron chi connectivity index (χ4n) is 4.29. The van der Waals surface area contributed by atoms with Crippen LogP contribution in [-0.4, -0.2) is 31.5 Å². The van der Waals surface area contributed by atoms with Crippen LogP contribution in [0.4, 0.5) is 13.2 Å². The lowest BCUT2D eigenvalue weighted by molar-refractivity contribution is -0.278. The fraction of sp³-hybridized carbons (Fsp3) is 0.296. The molecule has 3 aromatic rings. The highest BCUT2D eigenvalue weighted by atomic mass is 19.4. The van der Waals surface area contributed by atoms with Gasteiger partial charge in [0, 0.05) is 19.1 Å². The smallest absolute Gasteiger partial charge is 0.432 e. The third-order valence-electron chi connectivity index (χ3n) is 6.05. The van der Waals surface area contributed by atoms with Crippen molar-refractivity contribution in [1.82, 2.24) is 0 Å². The van der Waals surface area contributed by atoms with Crippen LogP contribution in [0.15, 0.2) is 84.9 Å². The first-order valence-electron chi connectivity index (χ1n) is 11.0. The first kappa shape index (κ1) is 23.8. The Morgan fingerprint density at radius 3 is 1.94 bits per heavy atom. The van der Waals surface area contributed by atoms with E-state index in [1.54, 1.807) is 6.07 Å². The normalized spacial score (nSPS) is 19.9. The zero-order valence-electron chi connectivity index (χ0n) is 18.6. The van der Waals surface area contributed by atoms with E-state index in [1.165, 1.54) is 24.3 Å². The van der Waals surface area contributed by atoms with E-state index in [0.29, 0.717) is 25.0 Å². The minimum absolute atomic E-state index is 0.264. The molecule has 1 saturated carbocycles. The molecule has 3 atom stereocenters. The molecule has 34 heavy (non-hydrogen) atoms. The Bertz CT molecular complexity index is 1080. The quantitative estimate of drug-likeness (QED) is 0.380. The van der Waals surface area contributed by atoms with Gasteiger partial charge in [-0.2, -0.15) is 13.2 Å². The number of alkyl halides is 3. The Morgan fingerprint density at radius 1 is 0.794 bits per heavy atom. The monoisotopic (exact) mass is 470 g/mol. The minimum atomic E-state index is -4.99. The summed E-state index contributed by atoms with van der Waals surface area (Å²) in [6.07, 6.45) is -4.67. The van der Waals surface area contributed by atoms with E-state index in [-0.39, 0.29) is 11.7 Å². The number of benzene rings is 3. The highest BCUT2D eigenvalue weighted by Crippen LogP contribution is 2.44. The Morgan fingerprint density at radius 2 is 1.35 bits per heavy atom. The fourth-order valence-corrected chi connectivity index (χ4v) is 4.29. The molecular weight excluding hydrogens is 445 g/mol. The predicted molar refractivity (Wildman–Crippen MR) is 121 cm³/mol. The Hall–Kier alpha value is -3.32. The van der Waals surface area contributed by atoms with Gasteiger partial charge in [0.1, 0.15) is 18.0 Å². The van der Waals surface area contributed by atoms with Crippen LogP contribution in [-0.2, 0) is 19.9 Å². The first-order valence-corrected chi connectivity index (χ1v) is 11.0. The average molecular weight is 470 g/mol. The zero-order chi connectivity index (χ0) is 24.2. The van der Waals surface area contributed by atoms with E-state index in [2.05, 4.69) is 0 Å². The van der Waals surface area contributed by atoms with Gasteiger partial charge in [-0.25, -0.2) is 4.79 Å². The molecule has 3 aromatic carbocycles. The molecular formula is C27H25F3O4. The van der Waals surface area contributed by atoms with Crippen molar-refractivity contribution in [3.8, 4) is 16.9 Å². The number of methoxy groups -OCH3 is 1. The number of halogens is 3. The number of carbonyl (C=O) groups is 1. The van der Waals surface area contributed by atoms with Crippen molar-refractivity contribution in [2.24, 2.45) is 0 Å². The summed E-state index contributed by atoms with van der Waals surface area (Å²) in [5.41, 5.74) is -1.36. The molecule has 0 N–H and O–H groups in total. The molecule has 7 heteroatoms. The molecule has 0 saturated heterocycles. The van der Waals surface area contributed by atoms with Crippen LogP contribution >= 0.6 is 0 Å². The molecule has 1 fully saturated rings. The van der Waals surface area contributed by atoms with Crippen molar-refractivity contribution in [3.05, 3.63) is 90.5 Å². The number of hydrogen-bond acceptors (Lipinski definition) is 4. The molecule has 0 aromatic heterocycles. The van der Waals surface area contributed by atoms with Crippen molar-refractivity contribution < 1.29 is 32.2 Å². The van der Waals surface area contributed by atoms with Gasteiger partial charge in [-0.1, -0.05) is 72.8 Å². The van der Waals surface area contributed by atoms with E-state index in [1.807, 2.05) is 54.6 Å². The van der Waals surface area contributed by atoms with Gasteiger partial charge in [0.05, 0.1) is 0 Å². The maximum atomic E-state index is 14.1. The molecule has 0 heterocycles. The maximum absolute atomic E-state index is 14.1. The summed E-state index contributed by atoms with van der Waals surface area (Å²) in [5.74, 6) is -0.811. The first-order chi connectivity index (χ1) is 16.3. The molecule has 4 rings (SSSR count). The van der Waals surface area contributed by atoms with Crippen LogP contribution in [0.25, 0.3) is 11.1 Å². The van der Waals surface area contributed by atoms with Gasteiger partial charge in [0.15, 0.2) is 0 Å². The summed E-state index contributed by atoms with van der Waals surface area (Å²) >= 11 is 0. The number of hydrogen-bond donors (Lipinski definition) is 0. The summed E-state index contributed by atoms with van der Waals surface area (Å²) in [4.78, 5) is 12.8. The molecule has 0 radical (unpaired) electrons. The van der Waals surface area contributed by atoms with Gasteiger partial charge in [0.2, 0.25) is 0 Å². The molecule has 1 aliphatic carbocycles. The van der Waals surface area contributed by atoms with E-state index in [0.717, 1.165) is 18.2 Å². The highest BCUT2D eigenvalue weighted by molar-refractivity contribution is 5.83. The average Bonchev–Trinajstić information content (AvgIpc) is 3.27. The summed E-state index contributed by atoms with van der Waals surface area (Å²) in [7, 11) is 0.863. The lowest BCUT2D eigenvalue weighted by Crippen LogP contribution is -2.52. The molecule has 2 unspecified atom stereocenters. The van der Waals surface area contributed by atoms with Crippen LogP contribution in [0, 0.1) is 0 Å². The standard InChI is InChI=1S/C27H25F3O4/c1-32-26(27(28,29)30,21-10-6-3-7-11-21)25(31)34-24-17-16-23(18-24)33-22-14-12-20(13-15-22)19-8-4-2-5-9-19/h2-15,23-24H,16-18H2,1H3/t23?,24?,26-/m0/s1. The lowest BCUT2D eigenvalue weighted by Gasteiger charge is -2.33. The van der Waals surface area contributed by atoms with Gasteiger partial charge in [0.25, 0.3) is 5.60 Å². The SMILES string of the molecule is CO[C@](C(=O)OC1CCC(Oc2ccc(-c3ccccc3)cc2)C1)(c1ccccc1)C(F)(F)F. The zero-order valence-corrected chi connectivity index (χ0v) is 18.6. The van der Waals surface area contributed by atoms with Crippen LogP contribution < -0.4 is 4.74 Å². The predicted octanol–water partition coefficient (Wildman–Crippen LogP) is 6.30. The molecule has 178 valence electrons. The summed E-state index contributed by atoms with van der Waals surface area (Å²) in [6.45, 7) is 0. The molecule has 0 amide bonds. The largest absolute Gasteiger partial charge is 0.490 e. The van der Waals surface area contributed by atoms with Crippen LogP contribution in [0.5, 0.6) is 5.75 Å². The van der Waals surface area contributed by atoms with Gasteiger partial charge in [-0.3, -0.25) is 0 Å². The van der Waals surface area contributed by atoms with Crippen molar-refractivity contribution in [1.29, 1.82) is 0 Å². The van der Waals surface area contributed by atoms with E-state index in [9.17, 15) is 18.0 Å². The molecule has 4 nitrogen and oxygen atoms in total. The maximum Gasteiger partial charge on any atom is 0.432 e. The van der Waals surface area contributed by atoms with Crippen LogP contribution in [0.1, 0.15) is 24.8 Å². The van der Waals surface area contributed by atoms with Gasteiger partial charge in [-0.15, -0.1) is 0 Å². The lowest BCUT2D eigenvalue weighted by atomic mass is 9.92. The second kappa shape index (κ2) is 9.89. The van der Waals surface area contributed by atoms with Crippen molar-refractivity contribution in [3.63, 3.8) is 0 Å². The van der Waals surface area contributed by atoms with E-state index < -0.39 is 23.9 Å². The van der Waals surface area contributed by atoms with Gasteiger partial charge >= 0.3 is 12.1 Å². The summed E-state index contributed by atoms with van der Waals surface area (Å²) in [6, 6.07) is 24.4. The van der Waals surface area contributed by atoms with E-state index in [4.69, 9.17) is 14.2 Å². The van der Waals surface area contributed by atoms with Crippen molar-refractivity contribution in [2.45, 2.75) is 43.2 Å². The van der Waals surface area contributed by atoms with Crippen LogP contribution in [0.2, 0.25) is 0 Å². The Balaban J connectivity index is 1.41. The van der Waals surface area contributed by atoms with Crippen LogP contribution in [0.3, 0.4) is 0 Å². The Kier molecular flexibility index (Phi) is 6.93. The second-order valence-corrected chi connectivity index (χ2v) is 8.22. The molecule has 0 spiro atoms. The van der Waals surface area contributed by atoms with Gasteiger partial charge < -0.3 is 14.2 Å². The Labute approximate surface area is 196 Å². The van der Waals surface area contributed by atoms with Crippen molar-refractivity contribution in [2.75, 3.05) is 7.11 Å². The van der Waals surface area contributed by atoms with Gasteiger partial charge in [-0.05, 0) is 36.1 Å². The number of esters is 1. The topological polar surface area (TPSA) is 44.8 Å².